The summed E-state index contributed by atoms with van der Waals surface area (Å²) in [6.45, 7) is 14.8. The molecule has 1 aromatic carbocycles. The zero-order valence-corrected chi connectivity index (χ0v) is 17.1. The van der Waals surface area contributed by atoms with Gasteiger partial charge in [0.05, 0.1) is 12.6 Å². The van der Waals surface area contributed by atoms with Gasteiger partial charge in [-0.15, -0.1) is 0 Å². The molecule has 0 heterocycles. The van der Waals surface area contributed by atoms with Crippen molar-refractivity contribution in [3.8, 4) is 0 Å². The van der Waals surface area contributed by atoms with E-state index in [4.69, 9.17) is 9.73 Å². The molecule has 0 aromatic heterocycles. The summed E-state index contributed by atoms with van der Waals surface area (Å²) in [6, 6.07) is 11.0. The zero-order chi connectivity index (χ0) is 19.0. The second-order valence-electron chi connectivity index (χ2n) is 6.20. The second-order valence-corrected chi connectivity index (χ2v) is 6.20. The third-order valence-electron chi connectivity index (χ3n) is 4.42. The molecule has 0 saturated heterocycles. The number of rotatable bonds is 13. The van der Waals surface area contributed by atoms with Gasteiger partial charge < -0.3 is 15.4 Å². The molecule has 1 unspecified atom stereocenters. The van der Waals surface area contributed by atoms with E-state index in [0.29, 0.717) is 6.04 Å². The highest BCUT2D eigenvalue weighted by atomic mass is 16.5. The zero-order valence-electron chi connectivity index (χ0n) is 17.1. The number of guanidine groups is 1. The van der Waals surface area contributed by atoms with Crippen molar-refractivity contribution in [3.63, 3.8) is 0 Å². The minimum Gasteiger partial charge on any atom is -0.382 e. The Balaban J connectivity index is 2.66. The third-order valence-corrected chi connectivity index (χ3v) is 4.42. The van der Waals surface area contributed by atoms with Crippen molar-refractivity contribution < 1.29 is 4.74 Å². The maximum absolute atomic E-state index is 5.39. The van der Waals surface area contributed by atoms with Crippen molar-refractivity contribution in [2.75, 3.05) is 45.9 Å². The Bertz CT molecular complexity index is 474. The quantitative estimate of drug-likeness (QED) is 0.321. The number of nitrogens with one attached hydrogen (secondary N) is 2. The van der Waals surface area contributed by atoms with Gasteiger partial charge in [-0.2, -0.15) is 0 Å². The van der Waals surface area contributed by atoms with E-state index >= 15 is 0 Å². The van der Waals surface area contributed by atoms with Gasteiger partial charge in [-0.25, -0.2) is 0 Å². The van der Waals surface area contributed by atoms with Gasteiger partial charge in [0.25, 0.3) is 0 Å². The second kappa shape index (κ2) is 14.6. The molecule has 0 bridgehead atoms. The molecule has 0 aliphatic carbocycles. The molecule has 1 rings (SSSR count). The number of unbranched alkanes of at least 4 members (excludes halogenated alkanes) is 1. The van der Waals surface area contributed by atoms with Gasteiger partial charge in [0.15, 0.2) is 5.96 Å². The fraction of sp³-hybridized carbons (Fsp3) is 0.667. The van der Waals surface area contributed by atoms with Crippen LogP contribution in [0.1, 0.15) is 52.1 Å². The van der Waals surface area contributed by atoms with Crippen molar-refractivity contribution in [2.24, 2.45) is 4.99 Å². The molecule has 0 saturated carbocycles. The average molecular weight is 363 g/mol. The summed E-state index contributed by atoms with van der Waals surface area (Å²) >= 11 is 0. The van der Waals surface area contributed by atoms with Gasteiger partial charge in [0.2, 0.25) is 0 Å². The highest BCUT2D eigenvalue weighted by molar-refractivity contribution is 5.79. The molecule has 0 spiro atoms. The molecule has 0 amide bonds. The van der Waals surface area contributed by atoms with E-state index in [9.17, 15) is 0 Å². The van der Waals surface area contributed by atoms with Crippen molar-refractivity contribution in [1.82, 2.24) is 15.5 Å². The normalized spacial score (nSPS) is 13.0. The lowest BCUT2D eigenvalue weighted by Gasteiger charge is -2.29. The third kappa shape index (κ3) is 8.68. The lowest BCUT2D eigenvalue weighted by Crippen LogP contribution is -2.39. The van der Waals surface area contributed by atoms with Gasteiger partial charge in [0, 0.05) is 26.3 Å². The number of ether oxygens (including phenoxy) is 1. The molecule has 0 aliphatic heterocycles. The van der Waals surface area contributed by atoms with Crippen molar-refractivity contribution in [2.45, 2.75) is 46.6 Å². The molecular formula is C21H38N4O. The number of nitrogens with zero attached hydrogens (tertiary/aromatic N) is 2. The summed E-state index contributed by atoms with van der Waals surface area (Å²) in [7, 11) is 0. The maximum Gasteiger partial charge on any atom is 0.191 e. The number of hydrogen-bond donors (Lipinski definition) is 2. The fourth-order valence-corrected chi connectivity index (χ4v) is 2.97. The monoisotopic (exact) mass is 362 g/mol. The lowest BCUT2D eigenvalue weighted by molar-refractivity contribution is 0.143. The van der Waals surface area contributed by atoms with Crippen LogP contribution in [-0.4, -0.2) is 56.8 Å². The van der Waals surface area contributed by atoms with Crippen LogP contribution in [0.3, 0.4) is 0 Å². The van der Waals surface area contributed by atoms with Crippen LogP contribution in [0.15, 0.2) is 35.3 Å². The lowest BCUT2D eigenvalue weighted by atomic mass is 10.1. The van der Waals surface area contributed by atoms with E-state index < -0.39 is 0 Å². The van der Waals surface area contributed by atoms with Crippen LogP contribution in [0.2, 0.25) is 0 Å². The van der Waals surface area contributed by atoms with Gasteiger partial charge >= 0.3 is 0 Å². The first kappa shape index (κ1) is 22.5. The topological polar surface area (TPSA) is 48.9 Å². The Morgan fingerprint density at radius 2 is 1.77 bits per heavy atom. The standard InChI is InChI=1S/C21H38N4O/c1-5-22-21(23-16-12-13-17-26-8-4)24-18-20(25(6-2)7-3)19-14-10-9-11-15-19/h9-11,14-15,20H,5-8,12-13,16-18H2,1-4H3,(H2,22,23,24). The van der Waals surface area contributed by atoms with Gasteiger partial charge in [0.1, 0.15) is 0 Å². The largest absolute Gasteiger partial charge is 0.382 e. The van der Waals surface area contributed by atoms with Gasteiger partial charge in [-0.1, -0.05) is 44.2 Å². The van der Waals surface area contributed by atoms with Crippen LogP contribution in [0.5, 0.6) is 0 Å². The van der Waals surface area contributed by atoms with Crippen molar-refractivity contribution in [1.29, 1.82) is 0 Å². The van der Waals surface area contributed by atoms with E-state index in [1.165, 1.54) is 5.56 Å². The molecule has 148 valence electrons. The van der Waals surface area contributed by atoms with E-state index in [2.05, 4.69) is 66.6 Å². The summed E-state index contributed by atoms with van der Waals surface area (Å²) in [5.74, 6) is 0.900. The summed E-state index contributed by atoms with van der Waals surface area (Å²) < 4.78 is 5.39. The van der Waals surface area contributed by atoms with E-state index in [0.717, 1.165) is 64.7 Å². The summed E-state index contributed by atoms with van der Waals surface area (Å²) in [5.41, 5.74) is 1.33. The maximum atomic E-state index is 5.39. The summed E-state index contributed by atoms with van der Waals surface area (Å²) in [6.07, 6.45) is 2.16. The van der Waals surface area contributed by atoms with Gasteiger partial charge in [-0.3, -0.25) is 9.89 Å². The van der Waals surface area contributed by atoms with Crippen LogP contribution in [-0.2, 0) is 4.74 Å². The smallest absolute Gasteiger partial charge is 0.191 e. The molecule has 0 aliphatic rings. The minimum atomic E-state index is 0.305. The van der Waals surface area contributed by atoms with E-state index in [-0.39, 0.29) is 0 Å². The predicted molar refractivity (Wildman–Crippen MR) is 112 cm³/mol. The molecular weight excluding hydrogens is 324 g/mol. The molecule has 1 atom stereocenters. The summed E-state index contributed by atoms with van der Waals surface area (Å²) in [4.78, 5) is 7.33. The number of hydrogen-bond acceptors (Lipinski definition) is 3. The SMILES string of the molecule is CCNC(=NCC(c1ccccc1)N(CC)CC)NCCCCOCC. The Labute approximate surface area is 160 Å². The fourth-order valence-electron chi connectivity index (χ4n) is 2.97. The Morgan fingerprint density at radius 1 is 1.04 bits per heavy atom. The average Bonchev–Trinajstić information content (AvgIpc) is 2.68. The van der Waals surface area contributed by atoms with E-state index in [1.54, 1.807) is 0 Å². The number of likely N-dealkylation sites (N-methyl/N-ethyl adjacent to an activating group) is 1. The van der Waals surface area contributed by atoms with E-state index in [1.807, 2.05) is 6.92 Å². The van der Waals surface area contributed by atoms with Crippen molar-refractivity contribution >= 4 is 5.96 Å². The Morgan fingerprint density at radius 3 is 2.38 bits per heavy atom. The minimum absolute atomic E-state index is 0.305. The molecule has 0 radical (unpaired) electrons. The highest BCUT2D eigenvalue weighted by Gasteiger charge is 2.17. The van der Waals surface area contributed by atoms with Crippen LogP contribution in [0, 0.1) is 0 Å². The van der Waals surface area contributed by atoms with Crippen LogP contribution >= 0.6 is 0 Å². The van der Waals surface area contributed by atoms with Gasteiger partial charge in [-0.05, 0) is 45.3 Å². The van der Waals surface area contributed by atoms with Crippen molar-refractivity contribution in [3.05, 3.63) is 35.9 Å². The van der Waals surface area contributed by atoms with Crippen LogP contribution in [0.25, 0.3) is 0 Å². The summed E-state index contributed by atoms with van der Waals surface area (Å²) in [5, 5.41) is 6.80. The number of aliphatic imine (C=N–C) groups is 1. The first-order chi connectivity index (χ1) is 12.8. The molecule has 1 aromatic rings. The molecule has 5 heteroatoms. The highest BCUT2D eigenvalue weighted by Crippen LogP contribution is 2.20. The van der Waals surface area contributed by atoms with Crippen LogP contribution in [0.4, 0.5) is 0 Å². The molecule has 26 heavy (non-hydrogen) atoms. The Hall–Kier alpha value is -1.59. The molecule has 5 nitrogen and oxygen atoms in total. The molecule has 0 fully saturated rings. The number of benzene rings is 1. The Kier molecular flexibility index (Phi) is 12.6. The van der Waals surface area contributed by atoms with Crippen LogP contribution < -0.4 is 10.6 Å². The predicted octanol–water partition coefficient (Wildman–Crippen LogP) is 3.44. The molecule has 2 N–H and O–H groups in total. The first-order valence-corrected chi connectivity index (χ1v) is 10.2. The first-order valence-electron chi connectivity index (χ1n) is 10.2.